The first-order chi connectivity index (χ1) is 6.69. The van der Waals surface area contributed by atoms with Gasteiger partial charge in [0, 0.05) is 17.5 Å². The van der Waals surface area contributed by atoms with Gasteiger partial charge in [0.05, 0.1) is 0 Å². The van der Waals surface area contributed by atoms with Gasteiger partial charge in [-0.25, -0.2) is 0 Å². The van der Waals surface area contributed by atoms with E-state index in [0.29, 0.717) is 5.92 Å². The van der Waals surface area contributed by atoms with Crippen LogP contribution in [0.25, 0.3) is 12.2 Å². The number of hydrogen-bond donors (Lipinski definition) is 0. The lowest BCUT2D eigenvalue weighted by Crippen LogP contribution is -2.01. The second kappa shape index (κ2) is 4.75. The number of rotatable bonds is 4. The van der Waals surface area contributed by atoms with Gasteiger partial charge in [-0.1, -0.05) is 39.2 Å². The van der Waals surface area contributed by atoms with Crippen molar-refractivity contribution in [2.24, 2.45) is 5.92 Å². The molecule has 0 spiro atoms. The van der Waals surface area contributed by atoms with E-state index in [4.69, 9.17) is 0 Å². The van der Waals surface area contributed by atoms with E-state index in [1.165, 1.54) is 0 Å². The van der Waals surface area contributed by atoms with Gasteiger partial charge < -0.3 is 0 Å². The molecule has 14 heavy (non-hydrogen) atoms. The highest BCUT2D eigenvalue weighted by molar-refractivity contribution is 5.64. The minimum atomic E-state index is 0.612. The van der Waals surface area contributed by atoms with Crippen LogP contribution in [0.1, 0.15) is 30.7 Å². The molecule has 0 saturated carbocycles. The first-order valence-electron chi connectivity index (χ1n) is 4.91. The maximum absolute atomic E-state index is 4.38. The highest BCUT2D eigenvalue weighted by atomic mass is 14.7. The summed E-state index contributed by atoms with van der Waals surface area (Å²) in [5.41, 5.74) is 3.36. The van der Waals surface area contributed by atoms with Crippen LogP contribution >= 0.6 is 0 Å². The van der Waals surface area contributed by atoms with Crippen LogP contribution in [0, 0.1) is 5.92 Å². The molecule has 0 unspecified atom stereocenters. The van der Waals surface area contributed by atoms with Crippen molar-refractivity contribution < 1.29 is 0 Å². The summed E-state index contributed by atoms with van der Waals surface area (Å²) >= 11 is 0. The zero-order valence-corrected chi connectivity index (χ0v) is 8.96. The Kier molecular flexibility index (Phi) is 3.63. The molecule has 0 aromatic carbocycles. The molecule has 0 aliphatic carbocycles. The number of pyridine rings is 1. The summed E-state index contributed by atoms with van der Waals surface area (Å²) in [6, 6.07) is 1.97. The fourth-order valence-corrected chi connectivity index (χ4v) is 1.50. The molecular weight excluding hydrogens is 170 g/mol. The molecule has 0 radical (unpaired) electrons. The molecular formula is C13H17N. The standard InChI is InChI=1S/C13H17N/c1-5-11-7-8-14-13(9-10(3)4)12(11)6-2/h5-8,10H,1-2,9H2,3-4H3. The topological polar surface area (TPSA) is 12.9 Å². The highest BCUT2D eigenvalue weighted by Gasteiger charge is 2.06. The van der Waals surface area contributed by atoms with Crippen LogP contribution in [0.3, 0.4) is 0 Å². The molecule has 1 nitrogen and oxygen atoms in total. The Morgan fingerprint density at radius 2 is 2.07 bits per heavy atom. The predicted octanol–water partition coefficient (Wildman–Crippen LogP) is 3.57. The van der Waals surface area contributed by atoms with Crippen molar-refractivity contribution in [2.45, 2.75) is 20.3 Å². The van der Waals surface area contributed by atoms with E-state index in [2.05, 4.69) is 32.0 Å². The molecule has 1 heterocycles. The second-order valence-corrected chi connectivity index (χ2v) is 3.77. The third kappa shape index (κ3) is 2.32. The molecule has 0 aliphatic heterocycles. The first-order valence-corrected chi connectivity index (χ1v) is 4.91. The van der Waals surface area contributed by atoms with E-state index < -0.39 is 0 Å². The van der Waals surface area contributed by atoms with Gasteiger partial charge in [0.15, 0.2) is 0 Å². The Balaban J connectivity index is 3.14. The minimum absolute atomic E-state index is 0.612. The molecule has 1 aromatic rings. The average molecular weight is 187 g/mol. The van der Waals surface area contributed by atoms with E-state index in [9.17, 15) is 0 Å². The lowest BCUT2D eigenvalue weighted by atomic mass is 9.99. The Bertz CT molecular complexity index is 337. The van der Waals surface area contributed by atoms with Crippen molar-refractivity contribution in [3.63, 3.8) is 0 Å². The Morgan fingerprint density at radius 3 is 2.57 bits per heavy atom. The van der Waals surface area contributed by atoms with Crippen LogP contribution in [-0.2, 0) is 6.42 Å². The van der Waals surface area contributed by atoms with E-state index in [1.54, 1.807) is 0 Å². The fourth-order valence-electron chi connectivity index (χ4n) is 1.50. The smallest absolute Gasteiger partial charge is 0.0484 e. The van der Waals surface area contributed by atoms with Crippen molar-refractivity contribution in [1.82, 2.24) is 4.98 Å². The molecule has 0 bridgehead atoms. The van der Waals surface area contributed by atoms with Gasteiger partial charge in [0.25, 0.3) is 0 Å². The van der Waals surface area contributed by atoms with Crippen molar-refractivity contribution >= 4 is 12.2 Å². The first kappa shape index (κ1) is 10.7. The summed E-state index contributed by atoms with van der Waals surface area (Å²) in [4.78, 5) is 4.38. The van der Waals surface area contributed by atoms with Crippen LogP contribution in [0.4, 0.5) is 0 Å². The Morgan fingerprint density at radius 1 is 1.36 bits per heavy atom. The summed E-state index contributed by atoms with van der Waals surface area (Å²) in [6.45, 7) is 12.0. The van der Waals surface area contributed by atoms with Crippen molar-refractivity contribution in [3.05, 3.63) is 42.2 Å². The predicted molar refractivity (Wildman–Crippen MR) is 63.0 cm³/mol. The third-order valence-corrected chi connectivity index (χ3v) is 2.13. The number of aromatic nitrogens is 1. The van der Waals surface area contributed by atoms with Gasteiger partial charge in [0.2, 0.25) is 0 Å². The number of nitrogens with zero attached hydrogens (tertiary/aromatic N) is 1. The summed E-state index contributed by atoms with van der Waals surface area (Å²) in [5.74, 6) is 0.612. The van der Waals surface area contributed by atoms with Gasteiger partial charge in [0.1, 0.15) is 0 Å². The molecule has 0 atom stereocenters. The van der Waals surface area contributed by atoms with E-state index in [-0.39, 0.29) is 0 Å². The monoisotopic (exact) mass is 187 g/mol. The molecule has 0 amide bonds. The van der Waals surface area contributed by atoms with Crippen LogP contribution in [0.5, 0.6) is 0 Å². The van der Waals surface area contributed by atoms with Gasteiger partial charge in [-0.05, 0) is 24.0 Å². The van der Waals surface area contributed by atoms with Crippen LogP contribution in [0.2, 0.25) is 0 Å². The summed E-state index contributed by atoms with van der Waals surface area (Å²) in [6.07, 6.45) is 6.54. The Hall–Kier alpha value is -1.37. The summed E-state index contributed by atoms with van der Waals surface area (Å²) in [5, 5.41) is 0. The molecule has 74 valence electrons. The van der Waals surface area contributed by atoms with Crippen molar-refractivity contribution in [3.8, 4) is 0 Å². The molecule has 1 rings (SSSR count). The van der Waals surface area contributed by atoms with Crippen LogP contribution in [-0.4, -0.2) is 4.98 Å². The summed E-state index contributed by atoms with van der Waals surface area (Å²) < 4.78 is 0. The highest BCUT2D eigenvalue weighted by Crippen LogP contribution is 2.17. The van der Waals surface area contributed by atoms with Crippen molar-refractivity contribution in [2.75, 3.05) is 0 Å². The van der Waals surface area contributed by atoms with Gasteiger partial charge in [-0.3, -0.25) is 4.98 Å². The zero-order chi connectivity index (χ0) is 10.6. The fraction of sp³-hybridized carbons (Fsp3) is 0.308. The van der Waals surface area contributed by atoms with Crippen molar-refractivity contribution in [1.29, 1.82) is 0 Å². The molecule has 0 saturated heterocycles. The summed E-state index contributed by atoms with van der Waals surface area (Å²) in [7, 11) is 0. The second-order valence-electron chi connectivity index (χ2n) is 3.77. The lowest BCUT2D eigenvalue weighted by Gasteiger charge is -2.09. The van der Waals surface area contributed by atoms with Crippen LogP contribution in [0.15, 0.2) is 25.4 Å². The molecule has 0 N–H and O–H groups in total. The molecule has 1 heteroatoms. The molecule has 0 aliphatic rings. The van der Waals surface area contributed by atoms with Gasteiger partial charge >= 0.3 is 0 Å². The SMILES string of the molecule is C=Cc1ccnc(CC(C)C)c1C=C. The van der Waals surface area contributed by atoms with Gasteiger partial charge in [-0.2, -0.15) is 0 Å². The van der Waals surface area contributed by atoms with Gasteiger partial charge in [-0.15, -0.1) is 0 Å². The quantitative estimate of drug-likeness (QED) is 0.702. The van der Waals surface area contributed by atoms with E-state index >= 15 is 0 Å². The zero-order valence-electron chi connectivity index (χ0n) is 8.96. The number of hydrogen-bond acceptors (Lipinski definition) is 1. The van der Waals surface area contributed by atoms with E-state index in [0.717, 1.165) is 23.2 Å². The van der Waals surface area contributed by atoms with Crippen LogP contribution < -0.4 is 0 Å². The lowest BCUT2D eigenvalue weighted by molar-refractivity contribution is 0.634. The minimum Gasteiger partial charge on any atom is -0.261 e. The normalized spacial score (nSPS) is 10.2. The van der Waals surface area contributed by atoms with E-state index in [1.807, 2.05) is 24.4 Å². The largest absolute Gasteiger partial charge is 0.261 e. The average Bonchev–Trinajstić information content (AvgIpc) is 2.16. The third-order valence-electron chi connectivity index (χ3n) is 2.13. The maximum atomic E-state index is 4.38. The molecule has 0 fully saturated rings. The Labute approximate surface area is 86.2 Å². The molecule has 1 aromatic heterocycles. The maximum Gasteiger partial charge on any atom is 0.0484 e.